The quantitative estimate of drug-likeness (QED) is 0.732. The number of rotatable bonds is 1. The van der Waals surface area contributed by atoms with Crippen molar-refractivity contribution in [2.24, 2.45) is 10.7 Å². The summed E-state index contributed by atoms with van der Waals surface area (Å²) in [5.74, 6) is -3.93. The molecule has 0 amide bonds. The Labute approximate surface area is 135 Å². The Morgan fingerprint density at radius 2 is 1.60 bits per heavy atom. The molecule has 1 atom stereocenters. The van der Waals surface area contributed by atoms with Gasteiger partial charge >= 0.3 is 12.4 Å². The third-order valence-corrected chi connectivity index (χ3v) is 3.44. The van der Waals surface area contributed by atoms with E-state index in [1.54, 1.807) is 0 Å². The second kappa shape index (κ2) is 5.97. The summed E-state index contributed by atoms with van der Waals surface area (Å²) >= 11 is 0. The fourth-order valence-electron chi connectivity index (χ4n) is 2.22. The van der Waals surface area contributed by atoms with Gasteiger partial charge in [-0.2, -0.15) is 26.3 Å². The lowest BCUT2D eigenvalue weighted by Gasteiger charge is -2.16. The minimum Gasteiger partial charge on any atom is -0.394 e. The predicted octanol–water partition coefficient (Wildman–Crippen LogP) is 3.95. The Morgan fingerprint density at radius 3 is 2.04 bits per heavy atom. The molecule has 0 spiro atoms. The molecule has 1 unspecified atom stereocenters. The lowest BCUT2D eigenvalue weighted by molar-refractivity contribution is -0.137. The Kier molecular flexibility index (Phi) is 4.58. The zero-order valence-corrected chi connectivity index (χ0v) is 12.1. The molecule has 11 heteroatoms. The number of halogens is 8. The third kappa shape index (κ3) is 3.91. The van der Waals surface area contributed by atoms with Gasteiger partial charge in [0.25, 0.3) is 5.92 Å². The van der Waals surface area contributed by atoms with Crippen LogP contribution in [0.1, 0.15) is 12.0 Å². The van der Waals surface area contributed by atoms with Gasteiger partial charge in [0.2, 0.25) is 0 Å². The van der Waals surface area contributed by atoms with Crippen molar-refractivity contribution >= 4 is 11.4 Å². The molecular weight excluding hydrogens is 364 g/mol. The largest absolute Gasteiger partial charge is 0.431 e. The first-order chi connectivity index (χ1) is 11.2. The average Bonchev–Trinajstić information content (AvgIpc) is 2.66. The number of nitrogens with zero attached hydrogens (tertiary/aromatic N) is 1. The van der Waals surface area contributed by atoms with Crippen LogP contribution in [0.2, 0.25) is 0 Å². The van der Waals surface area contributed by atoms with Crippen molar-refractivity contribution in [2.75, 3.05) is 0 Å². The number of aliphatic hydroxyl groups is 1. The van der Waals surface area contributed by atoms with Gasteiger partial charge in [0.15, 0.2) is 0 Å². The first kappa shape index (κ1) is 19.2. The van der Waals surface area contributed by atoms with Gasteiger partial charge in [-0.15, -0.1) is 0 Å². The number of aliphatic imine (C=N–C) groups is 1. The number of benzene rings is 1. The minimum atomic E-state index is -5.18. The summed E-state index contributed by atoms with van der Waals surface area (Å²) in [6.45, 7) is 0. The Balaban J connectivity index is 2.50. The Morgan fingerprint density at radius 1 is 1.08 bits per heavy atom. The molecule has 3 N–H and O–H groups in total. The number of alkyl halides is 8. The summed E-state index contributed by atoms with van der Waals surface area (Å²) in [5, 5.41) is 9.43. The van der Waals surface area contributed by atoms with E-state index in [-0.39, 0.29) is 5.69 Å². The van der Waals surface area contributed by atoms with Crippen molar-refractivity contribution in [2.45, 2.75) is 30.8 Å². The van der Waals surface area contributed by atoms with E-state index in [0.29, 0.717) is 12.1 Å². The van der Waals surface area contributed by atoms with Crippen molar-refractivity contribution in [1.29, 1.82) is 0 Å². The molecular formula is C14H10F8N2O. The van der Waals surface area contributed by atoms with Crippen LogP contribution in [-0.4, -0.2) is 29.0 Å². The highest BCUT2D eigenvalue weighted by molar-refractivity contribution is 6.06. The highest BCUT2D eigenvalue weighted by Crippen LogP contribution is 2.41. The van der Waals surface area contributed by atoms with E-state index in [1.807, 2.05) is 0 Å². The normalized spacial score (nSPS) is 24.7. The van der Waals surface area contributed by atoms with Gasteiger partial charge in [0.05, 0.1) is 23.4 Å². The minimum absolute atomic E-state index is 0.291. The summed E-state index contributed by atoms with van der Waals surface area (Å²) in [6.07, 6.45) is -14.0. The number of hydrogen-bond acceptors (Lipinski definition) is 3. The number of allylic oxidation sites excluding steroid dienone is 1. The molecule has 3 nitrogen and oxygen atoms in total. The van der Waals surface area contributed by atoms with Crippen molar-refractivity contribution in [3.05, 3.63) is 41.1 Å². The van der Waals surface area contributed by atoms with Crippen LogP contribution in [0, 0.1) is 0 Å². The van der Waals surface area contributed by atoms with Gasteiger partial charge < -0.3 is 10.8 Å². The van der Waals surface area contributed by atoms with Gasteiger partial charge in [-0.1, -0.05) is 0 Å². The molecule has 0 aromatic heterocycles. The van der Waals surface area contributed by atoms with E-state index < -0.39 is 53.3 Å². The maximum absolute atomic E-state index is 13.6. The summed E-state index contributed by atoms with van der Waals surface area (Å²) in [6, 6.07) is 2.80. The lowest BCUT2D eigenvalue weighted by Crippen LogP contribution is -2.32. The lowest BCUT2D eigenvalue weighted by atomic mass is 10.1. The highest BCUT2D eigenvalue weighted by Gasteiger charge is 2.53. The van der Waals surface area contributed by atoms with Gasteiger partial charge in [-0.3, -0.25) is 4.99 Å². The monoisotopic (exact) mass is 374 g/mol. The number of hydrogen-bond donors (Lipinski definition) is 2. The molecule has 2 rings (SSSR count). The average molecular weight is 374 g/mol. The van der Waals surface area contributed by atoms with Crippen LogP contribution < -0.4 is 5.73 Å². The fourth-order valence-corrected chi connectivity index (χ4v) is 2.22. The molecule has 138 valence electrons. The van der Waals surface area contributed by atoms with Crippen molar-refractivity contribution in [1.82, 2.24) is 0 Å². The first-order valence-electron chi connectivity index (χ1n) is 6.61. The van der Waals surface area contributed by atoms with Gasteiger partial charge in [0.1, 0.15) is 11.8 Å². The van der Waals surface area contributed by atoms with Crippen LogP contribution >= 0.6 is 0 Å². The molecule has 0 heterocycles. The second-order valence-corrected chi connectivity index (χ2v) is 5.27. The zero-order chi connectivity index (χ0) is 19.2. The molecule has 1 aromatic rings. The molecule has 0 bridgehead atoms. The van der Waals surface area contributed by atoms with Crippen LogP contribution in [0.4, 0.5) is 40.8 Å². The van der Waals surface area contributed by atoms with Gasteiger partial charge in [-0.05, 0) is 24.3 Å². The predicted molar refractivity (Wildman–Crippen MR) is 71.4 cm³/mol. The number of aliphatic hydroxyl groups excluding tert-OH is 1. The van der Waals surface area contributed by atoms with Crippen LogP contribution in [0.3, 0.4) is 0 Å². The maximum atomic E-state index is 13.6. The smallest absolute Gasteiger partial charge is 0.394 e. The summed E-state index contributed by atoms with van der Waals surface area (Å²) in [5.41, 5.74) is -0.558. The Hall–Kier alpha value is -2.17. The van der Waals surface area contributed by atoms with Crippen LogP contribution in [0.15, 0.2) is 40.5 Å². The first-order valence-corrected chi connectivity index (χ1v) is 6.61. The second-order valence-electron chi connectivity index (χ2n) is 5.27. The van der Waals surface area contributed by atoms with E-state index >= 15 is 0 Å². The SMILES string of the molecule is N/C(=C1\C(=Nc2ccc(C(F)(F)F)cc2)CC(F)(F)C1O)C(F)(F)F. The molecule has 0 radical (unpaired) electrons. The fraction of sp³-hybridized carbons (Fsp3) is 0.357. The summed E-state index contributed by atoms with van der Waals surface area (Å²) in [7, 11) is 0. The highest BCUT2D eigenvalue weighted by atomic mass is 19.4. The summed E-state index contributed by atoms with van der Waals surface area (Å²) in [4.78, 5) is 3.51. The van der Waals surface area contributed by atoms with Gasteiger partial charge in [-0.25, -0.2) is 8.78 Å². The molecule has 1 aliphatic rings. The third-order valence-electron chi connectivity index (χ3n) is 3.44. The van der Waals surface area contributed by atoms with Crippen LogP contribution in [0.5, 0.6) is 0 Å². The van der Waals surface area contributed by atoms with E-state index in [9.17, 15) is 40.2 Å². The zero-order valence-electron chi connectivity index (χ0n) is 12.1. The molecule has 1 aliphatic carbocycles. The van der Waals surface area contributed by atoms with Crippen molar-refractivity contribution < 1.29 is 40.2 Å². The van der Waals surface area contributed by atoms with Crippen LogP contribution in [0.25, 0.3) is 0 Å². The van der Waals surface area contributed by atoms with E-state index in [0.717, 1.165) is 12.1 Å². The topological polar surface area (TPSA) is 58.6 Å². The van der Waals surface area contributed by atoms with E-state index in [2.05, 4.69) is 4.99 Å². The standard InChI is InChI=1S/C14H10F8N2O/c15-12(16)5-8(9(11(12)25)10(23)14(20,21)22)24-7-3-1-6(2-4-7)13(17,18)19/h1-4,11,25H,5,23H2/b10-9+,24-8?. The number of nitrogens with two attached hydrogens (primary N) is 1. The van der Waals surface area contributed by atoms with Crippen molar-refractivity contribution in [3.8, 4) is 0 Å². The van der Waals surface area contributed by atoms with Crippen molar-refractivity contribution in [3.63, 3.8) is 0 Å². The molecule has 1 aromatic carbocycles. The molecule has 0 aliphatic heterocycles. The van der Waals surface area contributed by atoms with Crippen LogP contribution in [-0.2, 0) is 6.18 Å². The van der Waals surface area contributed by atoms with Gasteiger partial charge in [0, 0.05) is 5.57 Å². The Bertz CT molecular complexity index is 716. The van der Waals surface area contributed by atoms with E-state index in [4.69, 9.17) is 5.73 Å². The maximum Gasteiger partial charge on any atom is 0.431 e. The molecule has 1 saturated carbocycles. The molecule has 25 heavy (non-hydrogen) atoms. The molecule has 0 saturated heterocycles. The molecule has 1 fully saturated rings. The summed E-state index contributed by atoms with van der Waals surface area (Å²) < 4.78 is 103. The van der Waals surface area contributed by atoms with E-state index in [1.165, 1.54) is 0 Å².